The number of aromatic nitrogens is 1. The lowest BCUT2D eigenvalue weighted by atomic mass is 10.2. The Balaban J connectivity index is 0.00000306. The van der Waals surface area contributed by atoms with Crippen LogP contribution in [0.1, 0.15) is 16.8 Å². The van der Waals surface area contributed by atoms with Crippen LogP contribution >= 0.6 is 23.7 Å². The van der Waals surface area contributed by atoms with Crippen molar-refractivity contribution in [1.82, 2.24) is 9.88 Å². The third-order valence-corrected chi connectivity index (χ3v) is 7.49. The fourth-order valence-corrected chi connectivity index (χ4v) is 5.57. The van der Waals surface area contributed by atoms with Gasteiger partial charge in [0.1, 0.15) is 5.82 Å². The molecule has 1 aromatic heterocycles. The Hall–Kier alpha value is -2.11. The van der Waals surface area contributed by atoms with Crippen LogP contribution in [0.3, 0.4) is 0 Å². The normalized spacial score (nSPS) is 14.7. The van der Waals surface area contributed by atoms with Gasteiger partial charge in [0.2, 0.25) is 0 Å². The molecule has 0 bridgehead atoms. The number of nitrogens with zero attached hydrogens (tertiary/aromatic N) is 3. The molecule has 33 heavy (non-hydrogen) atoms. The van der Waals surface area contributed by atoms with Crippen LogP contribution in [0.4, 0.5) is 9.52 Å². The summed E-state index contributed by atoms with van der Waals surface area (Å²) in [7, 11) is -3.60. The second kappa shape index (κ2) is 10.9. The molecule has 0 radical (unpaired) electrons. The summed E-state index contributed by atoms with van der Waals surface area (Å²) in [4.78, 5) is 21.8. The summed E-state index contributed by atoms with van der Waals surface area (Å²) in [6, 6.07) is 10.5. The zero-order valence-electron chi connectivity index (χ0n) is 18.1. The molecule has 0 atom stereocenters. The standard InChI is InChI=1S/C22H24FN3O4S2.ClH/c1-32(28,29)20-6-3-2-5-17(20)21(27)26(10-4-9-25-11-13-30-14-12-25)22-24-18-8-7-16(23)15-19(18)31-22;/h2-3,5-8,15H,4,9-14H2,1H3;1H. The van der Waals surface area contributed by atoms with E-state index >= 15 is 0 Å². The zero-order chi connectivity index (χ0) is 22.7. The van der Waals surface area contributed by atoms with Gasteiger partial charge in [-0.15, -0.1) is 12.4 Å². The molecule has 11 heteroatoms. The van der Waals surface area contributed by atoms with E-state index in [0.717, 1.165) is 25.9 Å². The van der Waals surface area contributed by atoms with Crippen LogP contribution in [0.5, 0.6) is 0 Å². The Morgan fingerprint density at radius 2 is 1.94 bits per heavy atom. The van der Waals surface area contributed by atoms with Crippen molar-refractivity contribution in [3.8, 4) is 0 Å². The van der Waals surface area contributed by atoms with Gasteiger partial charge >= 0.3 is 0 Å². The predicted octanol–water partition coefficient (Wildman–Crippen LogP) is 3.63. The molecule has 2 heterocycles. The molecule has 1 aliphatic heterocycles. The number of sulfone groups is 1. The molecule has 1 saturated heterocycles. The van der Waals surface area contributed by atoms with E-state index in [2.05, 4.69) is 9.88 Å². The lowest BCUT2D eigenvalue weighted by molar-refractivity contribution is 0.0376. The van der Waals surface area contributed by atoms with Gasteiger partial charge in [0, 0.05) is 32.4 Å². The maximum Gasteiger partial charge on any atom is 0.261 e. The first kappa shape index (κ1) is 25.5. The molecule has 1 aliphatic rings. The highest BCUT2D eigenvalue weighted by Gasteiger charge is 2.26. The molecular formula is C22H25ClFN3O4S2. The Kier molecular flexibility index (Phi) is 8.41. The van der Waals surface area contributed by atoms with E-state index in [0.29, 0.717) is 41.5 Å². The van der Waals surface area contributed by atoms with Crippen LogP contribution < -0.4 is 4.90 Å². The molecule has 1 fully saturated rings. The van der Waals surface area contributed by atoms with E-state index in [1.54, 1.807) is 18.2 Å². The van der Waals surface area contributed by atoms with Gasteiger partial charge in [-0.25, -0.2) is 17.8 Å². The fraction of sp³-hybridized carbons (Fsp3) is 0.364. The fourth-order valence-electron chi connectivity index (χ4n) is 3.68. The van der Waals surface area contributed by atoms with Gasteiger partial charge in [-0.3, -0.25) is 14.6 Å². The number of hydrogen-bond donors (Lipinski definition) is 0. The average Bonchev–Trinajstić information content (AvgIpc) is 3.19. The highest BCUT2D eigenvalue weighted by Crippen LogP contribution is 2.31. The summed E-state index contributed by atoms with van der Waals surface area (Å²) >= 11 is 1.21. The van der Waals surface area contributed by atoms with Gasteiger partial charge in [0.05, 0.1) is 33.9 Å². The molecular weight excluding hydrogens is 489 g/mol. The predicted molar refractivity (Wildman–Crippen MR) is 130 cm³/mol. The number of amides is 1. The SMILES string of the molecule is CS(=O)(=O)c1ccccc1C(=O)N(CCCN1CCOCC1)c1nc2ccc(F)cc2s1.Cl. The van der Waals surface area contributed by atoms with Crippen LogP contribution in [0.15, 0.2) is 47.4 Å². The molecule has 0 aliphatic carbocycles. The summed E-state index contributed by atoms with van der Waals surface area (Å²) in [6.07, 6.45) is 1.76. The first-order valence-corrected chi connectivity index (χ1v) is 13.0. The molecule has 3 aromatic rings. The second-order valence-corrected chi connectivity index (χ2v) is 10.6. The molecule has 0 N–H and O–H groups in total. The van der Waals surface area contributed by atoms with E-state index in [9.17, 15) is 17.6 Å². The Bertz CT molecular complexity index is 1230. The van der Waals surface area contributed by atoms with Gasteiger partial charge in [-0.2, -0.15) is 0 Å². The van der Waals surface area contributed by atoms with Crippen molar-refractivity contribution in [2.45, 2.75) is 11.3 Å². The summed E-state index contributed by atoms with van der Waals surface area (Å²) in [6.45, 7) is 4.19. The van der Waals surface area contributed by atoms with Crippen molar-refractivity contribution in [3.05, 3.63) is 53.8 Å². The van der Waals surface area contributed by atoms with Crippen LogP contribution in [-0.2, 0) is 14.6 Å². The van der Waals surface area contributed by atoms with Gasteiger partial charge in [-0.1, -0.05) is 23.5 Å². The quantitative estimate of drug-likeness (QED) is 0.480. The molecule has 0 spiro atoms. The lowest BCUT2D eigenvalue weighted by Gasteiger charge is -2.28. The van der Waals surface area contributed by atoms with Crippen molar-refractivity contribution >= 4 is 54.8 Å². The number of ether oxygens (including phenoxy) is 1. The van der Waals surface area contributed by atoms with Gasteiger partial charge in [-0.05, 0) is 36.8 Å². The number of carbonyl (C=O) groups is 1. The minimum Gasteiger partial charge on any atom is -0.379 e. The number of thiazole rings is 1. The highest BCUT2D eigenvalue weighted by atomic mass is 35.5. The van der Waals surface area contributed by atoms with Crippen LogP contribution in [0.2, 0.25) is 0 Å². The van der Waals surface area contributed by atoms with E-state index in [1.165, 1.54) is 40.5 Å². The molecule has 178 valence electrons. The molecule has 4 rings (SSSR count). The van der Waals surface area contributed by atoms with Crippen molar-refractivity contribution < 1.29 is 22.3 Å². The zero-order valence-corrected chi connectivity index (χ0v) is 20.5. The Morgan fingerprint density at radius 3 is 2.67 bits per heavy atom. The van der Waals surface area contributed by atoms with Crippen LogP contribution in [0.25, 0.3) is 10.2 Å². The van der Waals surface area contributed by atoms with E-state index in [4.69, 9.17) is 4.74 Å². The number of morpholine rings is 1. The highest BCUT2D eigenvalue weighted by molar-refractivity contribution is 7.90. The first-order valence-electron chi connectivity index (χ1n) is 10.3. The summed E-state index contributed by atoms with van der Waals surface area (Å²) in [5.74, 6) is -0.812. The van der Waals surface area contributed by atoms with E-state index in [-0.39, 0.29) is 28.7 Å². The molecule has 0 saturated carbocycles. The van der Waals surface area contributed by atoms with Crippen molar-refractivity contribution in [2.75, 3.05) is 50.5 Å². The minimum atomic E-state index is -3.60. The number of benzene rings is 2. The Morgan fingerprint density at radius 1 is 1.21 bits per heavy atom. The number of carbonyl (C=O) groups excluding carboxylic acids is 1. The summed E-state index contributed by atoms with van der Waals surface area (Å²) < 4.78 is 44.2. The maximum atomic E-state index is 13.7. The second-order valence-electron chi connectivity index (χ2n) is 7.64. The number of hydrogen-bond acceptors (Lipinski definition) is 7. The largest absolute Gasteiger partial charge is 0.379 e. The van der Waals surface area contributed by atoms with Crippen molar-refractivity contribution in [1.29, 1.82) is 0 Å². The smallest absolute Gasteiger partial charge is 0.261 e. The van der Waals surface area contributed by atoms with Crippen LogP contribution in [0, 0.1) is 5.82 Å². The number of rotatable bonds is 7. The van der Waals surface area contributed by atoms with E-state index in [1.807, 2.05) is 0 Å². The molecule has 7 nitrogen and oxygen atoms in total. The summed E-state index contributed by atoms with van der Waals surface area (Å²) in [5, 5.41) is 0.417. The van der Waals surface area contributed by atoms with E-state index < -0.39 is 15.7 Å². The number of halogens is 2. The molecule has 2 aromatic carbocycles. The van der Waals surface area contributed by atoms with Gasteiger partial charge < -0.3 is 4.74 Å². The minimum absolute atomic E-state index is 0. The van der Waals surface area contributed by atoms with Crippen molar-refractivity contribution in [3.63, 3.8) is 0 Å². The number of anilines is 1. The number of fused-ring (bicyclic) bond motifs is 1. The van der Waals surface area contributed by atoms with Gasteiger partial charge in [0.15, 0.2) is 15.0 Å². The summed E-state index contributed by atoms with van der Waals surface area (Å²) in [5.41, 5.74) is 0.695. The third-order valence-electron chi connectivity index (χ3n) is 5.29. The average molecular weight is 514 g/mol. The topological polar surface area (TPSA) is 79.8 Å². The van der Waals surface area contributed by atoms with Crippen LogP contribution in [-0.4, -0.2) is 69.9 Å². The Labute approximate surface area is 202 Å². The maximum absolute atomic E-state index is 13.7. The molecule has 0 unspecified atom stereocenters. The first-order chi connectivity index (χ1) is 15.3. The third kappa shape index (κ3) is 6.07. The van der Waals surface area contributed by atoms with Gasteiger partial charge in [0.25, 0.3) is 5.91 Å². The monoisotopic (exact) mass is 513 g/mol. The van der Waals surface area contributed by atoms with Crippen molar-refractivity contribution in [2.24, 2.45) is 0 Å². The molecule has 1 amide bonds. The lowest BCUT2D eigenvalue weighted by Crippen LogP contribution is -2.39.